The van der Waals surface area contributed by atoms with E-state index >= 15 is 0 Å². The van der Waals surface area contributed by atoms with Crippen LogP contribution in [0, 0.1) is 0 Å². The van der Waals surface area contributed by atoms with Gasteiger partial charge in [-0.1, -0.05) is 11.6 Å². The lowest BCUT2D eigenvalue weighted by molar-refractivity contribution is -0.114. The predicted molar refractivity (Wildman–Crippen MR) is 40.3 cm³/mol. The lowest BCUT2D eigenvalue weighted by Crippen LogP contribution is -2.33. The van der Waals surface area contributed by atoms with Crippen molar-refractivity contribution < 1.29 is 9.03 Å². The normalized spacial score (nSPS) is 41.7. The average Bonchev–Trinajstić information content (AvgIpc) is 1.94. The van der Waals surface area contributed by atoms with Crippen LogP contribution in [-0.4, -0.2) is 17.2 Å². The molecule has 5 heteroatoms. The van der Waals surface area contributed by atoms with Crippen molar-refractivity contribution in [2.24, 2.45) is 0 Å². The highest BCUT2D eigenvalue weighted by Crippen LogP contribution is 2.26. The van der Waals surface area contributed by atoms with Crippen molar-refractivity contribution in [2.45, 2.75) is 30.1 Å². The van der Waals surface area contributed by atoms with Gasteiger partial charge in [0, 0.05) is 0 Å². The first-order valence-electron chi connectivity index (χ1n) is 2.95. The fourth-order valence-corrected chi connectivity index (χ4v) is 1.48. The molecule has 60 valence electrons. The summed E-state index contributed by atoms with van der Waals surface area (Å²) < 4.78 is 9.43. The molecule has 0 aromatic heterocycles. The molecule has 1 fully saturated rings. The molecule has 0 saturated carbocycles. The van der Waals surface area contributed by atoms with Crippen LogP contribution in [0.25, 0.3) is 0 Å². The zero-order valence-electron chi connectivity index (χ0n) is 5.10. The van der Waals surface area contributed by atoms with Gasteiger partial charge < -0.3 is 4.74 Å². The van der Waals surface area contributed by atoms with Crippen molar-refractivity contribution in [3.05, 3.63) is 0 Å². The Kier molecular flexibility index (Phi) is 3.53. The Morgan fingerprint density at radius 2 is 2.00 bits per heavy atom. The van der Waals surface area contributed by atoms with Crippen LogP contribution in [0.5, 0.6) is 0 Å². The summed E-state index contributed by atoms with van der Waals surface area (Å²) in [7, 11) is 0. The second-order valence-corrected chi connectivity index (χ2v) is 3.32. The molecule has 1 saturated heterocycles. The van der Waals surface area contributed by atoms with Gasteiger partial charge >= 0.3 is 0 Å². The summed E-state index contributed by atoms with van der Waals surface area (Å²) in [5.41, 5.74) is -0.321. The van der Waals surface area contributed by atoms with Crippen LogP contribution in [-0.2, 0) is 9.03 Å². The maximum atomic E-state index is 5.76. The van der Waals surface area contributed by atoms with E-state index in [2.05, 4.69) is 4.29 Å². The zero-order valence-corrected chi connectivity index (χ0v) is 7.36. The summed E-state index contributed by atoms with van der Waals surface area (Å²) in [4.78, 5) is 0. The van der Waals surface area contributed by atoms with Crippen LogP contribution >= 0.6 is 35.1 Å². The first kappa shape index (κ1) is 8.88. The zero-order chi connectivity index (χ0) is 7.56. The second kappa shape index (κ2) is 3.98. The van der Waals surface area contributed by atoms with E-state index in [9.17, 15) is 0 Å². The Morgan fingerprint density at radius 3 is 2.50 bits per heavy atom. The highest BCUT2D eigenvalue weighted by atomic mass is 35.5. The van der Waals surface area contributed by atoms with Gasteiger partial charge in [0.25, 0.3) is 0 Å². The van der Waals surface area contributed by atoms with Crippen LogP contribution in [0.2, 0.25) is 0 Å². The molecule has 0 bridgehead atoms. The fraction of sp³-hybridized carbons (Fsp3) is 1.00. The number of ether oxygens (including phenoxy) is 1. The molecular formula is C5H7Cl3O2. The molecule has 0 aromatic carbocycles. The molecule has 1 aliphatic heterocycles. The average molecular weight is 205 g/mol. The molecule has 0 amide bonds. The summed E-state index contributed by atoms with van der Waals surface area (Å²) in [6.45, 7) is 0. The van der Waals surface area contributed by atoms with Crippen LogP contribution < -0.4 is 0 Å². The van der Waals surface area contributed by atoms with Gasteiger partial charge in [-0.2, -0.15) is 0 Å². The lowest BCUT2D eigenvalue weighted by atomic mass is 10.2. The Balaban J connectivity index is 2.38. The van der Waals surface area contributed by atoms with Gasteiger partial charge in [-0.3, -0.25) is 0 Å². The van der Waals surface area contributed by atoms with Gasteiger partial charge in [0.1, 0.15) is 5.56 Å². The molecule has 1 rings (SSSR count). The second-order valence-electron chi connectivity index (χ2n) is 2.10. The Bertz CT molecular complexity index is 111. The maximum Gasteiger partial charge on any atom is 0.195 e. The minimum Gasteiger partial charge on any atom is -0.330 e. The van der Waals surface area contributed by atoms with Crippen molar-refractivity contribution in [2.75, 3.05) is 0 Å². The number of alkyl halides is 2. The molecule has 1 heterocycles. The Hall–Kier alpha value is 0.790. The first-order valence-corrected chi connectivity index (χ1v) is 4.13. The molecule has 0 N–H and O–H groups in total. The van der Waals surface area contributed by atoms with Crippen molar-refractivity contribution in [3.63, 3.8) is 0 Å². The molecule has 0 aromatic rings. The largest absolute Gasteiger partial charge is 0.330 e. The third-order valence-electron chi connectivity index (χ3n) is 1.33. The van der Waals surface area contributed by atoms with Crippen molar-refractivity contribution in [1.82, 2.24) is 0 Å². The van der Waals surface area contributed by atoms with E-state index in [1.165, 1.54) is 0 Å². The molecule has 0 aliphatic carbocycles. The van der Waals surface area contributed by atoms with Crippen LogP contribution in [0.15, 0.2) is 0 Å². The van der Waals surface area contributed by atoms with Gasteiger partial charge in [0.2, 0.25) is 0 Å². The fourth-order valence-electron chi connectivity index (χ4n) is 0.802. The van der Waals surface area contributed by atoms with Crippen LogP contribution in [0.1, 0.15) is 12.8 Å². The monoisotopic (exact) mass is 204 g/mol. The molecule has 0 radical (unpaired) electrons. The summed E-state index contributed by atoms with van der Waals surface area (Å²) in [6.07, 6.45) is 0.944. The quantitative estimate of drug-likeness (QED) is 0.612. The molecule has 2 nitrogen and oxygen atoms in total. The minimum atomic E-state index is -0.570. The van der Waals surface area contributed by atoms with Gasteiger partial charge in [-0.15, -0.1) is 11.6 Å². The molecular weight excluding hydrogens is 198 g/mol. The first-order chi connectivity index (χ1) is 4.74. The number of hydrogen-bond acceptors (Lipinski definition) is 2. The molecule has 3 atom stereocenters. The summed E-state index contributed by atoms with van der Waals surface area (Å²) in [5.74, 6) is 0. The van der Waals surface area contributed by atoms with E-state index in [4.69, 9.17) is 39.8 Å². The number of halogens is 3. The molecule has 3 unspecified atom stereocenters. The smallest absolute Gasteiger partial charge is 0.195 e. The van der Waals surface area contributed by atoms with Gasteiger partial charge in [0.05, 0.1) is 17.2 Å². The number of hydrogen-bond donors (Lipinski definition) is 0. The third-order valence-corrected chi connectivity index (χ3v) is 2.25. The molecule has 10 heavy (non-hydrogen) atoms. The highest BCUT2D eigenvalue weighted by Gasteiger charge is 2.29. The van der Waals surface area contributed by atoms with E-state index in [-0.39, 0.29) is 10.9 Å². The van der Waals surface area contributed by atoms with E-state index in [0.29, 0.717) is 0 Å². The van der Waals surface area contributed by atoms with Gasteiger partial charge in [0.15, 0.2) is 6.29 Å². The topological polar surface area (TPSA) is 18.5 Å². The third kappa shape index (κ3) is 2.14. The van der Waals surface area contributed by atoms with Crippen molar-refractivity contribution in [1.29, 1.82) is 0 Å². The number of rotatable bonds is 1. The predicted octanol–water partition coefficient (Wildman–Crippen LogP) is 2.47. The van der Waals surface area contributed by atoms with E-state index < -0.39 is 6.29 Å². The standard InChI is InChI=1S/C5H7Cl3O2/c6-3-1-2-4(7)9-5(3)10-8/h3-5H,1-2H2. The van der Waals surface area contributed by atoms with Gasteiger partial charge in [-0.25, -0.2) is 4.29 Å². The summed E-state index contributed by atoms with van der Waals surface area (Å²) in [6, 6.07) is 0. The summed E-state index contributed by atoms with van der Waals surface area (Å²) >= 11 is 16.5. The van der Waals surface area contributed by atoms with E-state index in [1.54, 1.807) is 0 Å². The summed E-state index contributed by atoms with van der Waals surface area (Å²) in [5, 5.41) is -0.188. The SMILES string of the molecule is ClOC1OC(Cl)CCC1Cl. The van der Waals surface area contributed by atoms with Crippen molar-refractivity contribution >= 4 is 35.1 Å². The maximum absolute atomic E-state index is 5.76. The van der Waals surface area contributed by atoms with Crippen LogP contribution in [0.4, 0.5) is 0 Å². The van der Waals surface area contributed by atoms with E-state index in [1.807, 2.05) is 0 Å². The Labute approximate surface area is 74.5 Å². The molecule has 0 spiro atoms. The Morgan fingerprint density at radius 1 is 1.30 bits per heavy atom. The molecule has 1 aliphatic rings. The highest BCUT2D eigenvalue weighted by molar-refractivity contribution is 6.22. The van der Waals surface area contributed by atoms with Gasteiger partial charge in [-0.05, 0) is 12.8 Å². The van der Waals surface area contributed by atoms with E-state index in [0.717, 1.165) is 12.8 Å². The lowest BCUT2D eigenvalue weighted by Gasteiger charge is -2.27. The minimum absolute atomic E-state index is 0.188. The van der Waals surface area contributed by atoms with Crippen molar-refractivity contribution in [3.8, 4) is 0 Å². The van der Waals surface area contributed by atoms with Crippen LogP contribution in [0.3, 0.4) is 0 Å².